The van der Waals surface area contributed by atoms with Gasteiger partial charge in [-0.15, -0.1) is 0 Å². The number of fused-ring (bicyclic) bond motifs is 1. The van der Waals surface area contributed by atoms with E-state index < -0.39 is 0 Å². The van der Waals surface area contributed by atoms with Crippen LogP contribution < -0.4 is 0 Å². The second-order valence-corrected chi connectivity index (χ2v) is 3.70. The van der Waals surface area contributed by atoms with Crippen molar-refractivity contribution in [1.82, 2.24) is 14.4 Å². The minimum Gasteiger partial charge on any atom is -0.299 e. The van der Waals surface area contributed by atoms with E-state index in [1.165, 1.54) is 0 Å². The lowest BCUT2D eigenvalue weighted by atomic mass is 10.2. The molecular formula is C13H9N3O. The molecule has 0 aliphatic rings. The number of aromatic nitrogens is 3. The molecule has 0 radical (unpaired) electrons. The zero-order valence-corrected chi connectivity index (χ0v) is 8.95. The van der Waals surface area contributed by atoms with Gasteiger partial charge >= 0.3 is 0 Å². The Labute approximate surface area is 97.6 Å². The van der Waals surface area contributed by atoms with Crippen LogP contribution in [0.5, 0.6) is 0 Å². The number of carbonyl (C=O) groups is 1. The Bertz CT molecular complexity index is 673. The molecule has 3 aromatic heterocycles. The Kier molecular flexibility index (Phi) is 2.19. The summed E-state index contributed by atoms with van der Waals surface area (Å²) >= 11 is 0. The van der Waals surface area contributed by atoms with Crippen LogP contribution in [-0.4, -0.2) is 20.7 Å². The van der Waals surface area contributed by atoms with Crippen molar-refractivity contribution in [2.75, 3.05) is 0 Å². The van der Waals surface area contributed by atoms with Crippen molar-refractivity contribution in [3.63, 3.8) is 0 Å². The molecule has 0 fully saturated rings. The summed E-state index contributed by atoms with van der Waals surface area (Å²) in [6, 6.07) is 7.45. The van der Waals surface area contributed by atoms with Crippen molar-refractivity contribution in [1.29, 1.82) is 0 Å². The zero-order valence-electron chi connectivity index (χ0n) is 8.95. The van der Waals surface area contributed by atoms with Gasteiger partial charge in [-0.05, 0) is 24.3 Å². The molecule has 0 N–H and O–H groups in total. The van der Waals surface area contributed by atoms with E-state index in [4.69, 9.17) is 0 Å². The molecule has 3 rings (SSSR count). The van der Waals surface area contributed by atoms with Crippen LogP contribution in [0.4, 0.5) is 0 Å². The molecule has 0 spiro atoms. The van der Waals surface area contributed by atoms with E-state index in [-0.39, 0.29) is 0 Å². The van der Waals surface area contributed by atoms with Gasteiger partial charge in [0.05, 0.1) is 11.7 Å². The number of aldehydes is 1. The molecule has 0 saturated carbocycles. The van der Waals surface area contributed by atoms with Crippen molar-refractivity contribution in [3.05, 3.63) is 54.6 Å². The molecule has 82 valence electrons. The van der Waals surface area contributed by atoms with Crippen LogP contribution >= 0.6 is 0 Å². The molecule has 0 saturated heterocycles. The first-order valence-electron chi connectivity index (χ1n) is 5.21. The fourth-order valence-electron chi connectivity index (χ4n) is 1.79. The zero-order chi connectivity index (χ0) is 11.7. The molecular weight excluding hydrogens is 214 g/mol. The van der Waals surface area contributed by atoms with Gasteiger partial charge in [-0.25, -0.2) is 4.98 Å². The van der Waals surface area contributed by atoms with Crippen LogP contribution in [0, 0.1) is 0 Å². The smallest absolute Gasteiger partial charge is 0.151 e. The molecule has 0 aliphatic carbocycles. The molecule has 0 amide bonds. The normalized spacial score (nSPS) is 10.6. The Morgan fingerprint density at radius 2 is 2.12 bits per heavy atom. The Morgan fingerprint density at radius 3 is 2.88 bits per heavy atom. The molecule has 0 unspecified atom stereocenters. The summed E-state index contributed by atoms with van der Waals surface area (Å²) in [7, 11) is 0. The molecule has 3 heterocycles. The van der Waals surface area contributed by atoms with Crippen LogP contribution in [0.15, 0.2) is 49.1 Å². The third-order valence-electron chi connectivity index (χ3n) is 2.61. The van der Waals surface area contributed by atoms with Crippen molar-refractivity contribution in [3.8, 4) is 11.4 Å². The van der Waals surface area contributed by atoms with Gasteiger partial charge < -0.3 is 0 Å². The van der Waals surface area contributed by atoms with Crippen LogP contribution in [0.3, 0.4) is 0 Å². The predicted molar refractivity (Wildman–Crippen MR) is 63.8 cm³/mol. The molecule has 0 aliphatic heterocycles. The maximum atomic E-state index is 10.8. The third kappa shape index (κ3) is 1.59. The summed E-state index contributed by atoms with van der Waals surface area (Å²) in [5.41, 5.74) is 2.51. The van der Waals surface area contributed by atoms with Gasteiger partial charge in [0.1, 0.15) is 5.82 Å². The summed E-state index contributed by atoms with van der Waals surface area (Å²) in [5.74, 6) is 0.789. The van der Waals surface area contributed by atoms with E-state index in [0.29, 0.717) is 5.56 Å². The number of rotatable bonds is 2. The quantitative estimate of drug-likeness (QED) is 0.626. The summed E-state index contributed by atoms with van der Waals surface area (Å²) in [6.07, 6.45) is 7.85. The second-order valence-electron chi connectivity index (χ2n) is 3.70. The van der Waals surface area contributed by atoms with Gasteiger partial charge in [0.2, 0.25) is 0 Å². The number of hydrogen-bond acceptors (Lipinski definition) is 3. The average Bonchev–Trinajstić information content (AvgIpc) is 2.82. The molecule has 17 heavy (non-hydrogen) atoms. The summed E-state index contributed by atoms with van der Waals surface area (Å²) in [6.45, 7) is 0. The number of imidazole rings is 1. The highest BCUT2D eigenvalue weighted by molar-refractivity contribution is 5.76. The fourth-order valence-corrected chi connectivity index (χ4v) is 1.79. The second kappa shape index (κ2) is 3.83. The lowest BCUT2D eigenvalue weighted by Gasteiger charge is -2.01. The number of hydrogen-bond donors (Lipinski definition) is 0. The standard InChI is InChI=1S/C13H9N3O/c17-9-10-3-4-12-7-15-13(16(12)8-10)11-2-1-5-14-6-11/h1-9H. The topological polar surface area (TPSA) is 47.3 Å². The van der Waals surface area contributed by atoms with Crippen molar-refractivity contribution in [2.24, 2.45) is 0 Å². The highest BCUT2D eigenvalue weighted by Gasteiger charge is 2.06. The first kappa shape index (κ1) is 9.72. The van der Waals surface area contributed by atoms with Crippen LogP contribution in [0.25, 0.3) is 16.9 Å². The van der Waals surface area contributed by atoms with Crippen LogP contribution in [0.1, 0.15) is 10.4 Å². The molecule has 3 aromatic rings. The lowest BCUT2D eigenvalue weighted by Crippen LogP contribution is -1.92. The van der Waals surface area contributed by atoms with Crippen molar-refractivity contribution >= 4 is 11.8 Å². The van der Waals surface area contributed by atoms with E-state index >= 15 is 0 Å². The fraction of sp³-hybridized carbons (Fsp3) is 0. The monoisotopic (exact) mass is 223 g/mol. The van der Waals surface area contributed by atoms with Gasteiger partial charge in [-0.1, -0.05) is 0 Å². The first-order valence-corrected chi connectivity index (χ1v) is 5.21. The lowest BCUT2D eigenvalue weighted by molar-refractivity contribution is 0.112. The van der Waals surface area contributed by atoms with Gasteiger partial charge in [0.15, 0.2) is 6.29 Å². The van der Waals surface area contributed by atoms with Crippen molar-refractivity contribution in [2.45, 2.75) is 0 Å². The van der Waals surface area contributed by atoms with Crippen LogP contribution in [-0.2, 0) is 0 Å². The number of carbonyl (C=O) groups excluding carboxylic acids is 1. The Hall–Kier alpha value is -2.49. The van der Waals surface area contributed by atoms with Crippen molar-refractivity contribution < 1.29 is 4.79 Å². The highest BCUT2D eigenvalue weighted by Crippen LogP contribution is 2.18. The predicted octanol–water partition coefficient (Wildman–Crippen LogP) is 2.21. The third-order valence-corrected chi connectivity index (χ3v) is 2.61. The SMILES string of the molecule is O=Cc1ccc2cnc(-c3cccnc3)n2c1. The molecule has 4 nitrogen and oxygen atoms in total. The minimum absolute atomic E-state index is 0.626. The molecule has 0 bridgehead atoms. The van der Waals surface area contributed by atoms with E-state index in [9.17, 15) is 4.79 Å². The molecule has 0 atom stereocenters. The molecule has 0 aromatic carbocycles. The number of pyridine rings is 2. The maximum absolute atomic E-state index is 10.8. The summed E-state index contributed by atoms with van der Waals surface area (Å²) in [4.78, 5) is 19.2. The van der Waals surface area contributed by atoms with Gasteiger partial charge in [0, 0.05) is 29.7 Å². The van der Waals surface area contributed by atoms with E-state index in [1.54, 1.807) is 30.9 Å². The largest absolute Gasteiger partial charge is 0.299 e. The van der Waals surface area contributed by atoms with E-state index in [2.05, 4.69) is 9.97 Å². The van der Waals surface area contributed by atoms with Gasteiger partial charge in [-0.2, -0.15) is 0 Å². The van der Waals surface area contributed by atoms with Crippen LogP contribution in [0.2, 0.25) is 0 Å². The first-order chi connectivity index (χ1) is 8.38. The average molecular weight is 223 g/mol. The summed E-state index contributed by atoms with van der Waals surface area (Å²) < 4.78 is 1.89. The van der Waals surface area contributed by atoms with E-state index in [0.717, 1.165) is 23.2 Å². The number of nitrogens with zero attached hydrogens (tertiary/aromatic N) is 3. The molecule has 4 heteroatoms. The van der Waals surface area contributed by atoms with Gasteiger partial charge in [0.25, 0.3) is 0 Å². The Balaban J connectivity index is 2.27. The Morgan fingerprint density at radius 1 is 1.18 bits per heavy atom. The maximum Gasteiger partial charge on any atom is 0.151 e. The van der Waals surface area contributed by atoms with Gasteiger partial charge in [-0.3, -0.25) is 14.2 Å². The van der Waals surface area contributed by atoms with E-state index in [1.807, 2.05) is 22.6 Å². The summed E-state index contributed by atoms with van der Waals surface area (Å²) in [5, 5.41) is 0. The minimum atomic E-state index is 0.626. The highest BCUT2D eigenvalue weighted by atomic mass is 16.1.